The highest BCUT2D eigenvalue weighted by atomic mass is 79.9. The Morgan fingerprint density at radius 1 is 1.12 bits per heavy atom. The van der Waals surface area contributed by atoms with Crippen LogP contribution in [0.1, 0.15) is 16.1 Å². The Kier molecular flexibility index (Phi) is 5.75. The number of benzene rings is 2. The molecule has 26 heavy (non-hydrogen) atoms. The van der Waals surface area contributed by atoms with Gasteiger partial charge in [-0.25, -0.2) is 9.37 Å². The molecule has 0 saturated heterocycles. The summed E-state index contributed by atoms with van der Waals surface area (Å²) >= 11 is 4.38. The number of nitrogens with one attached hydrogen (secondary N) is 2. The highest BCUT2D eigenvalue weighted by Gasteiger charge is 2.12. The first-order valence-electron chi connectivity index (χ1n) is 7.57. The van der Waals surface area contributed by atoms with Crippen molar-refractivity contribution in [3.05, 3.63) is 75.5 Å². The summed E-state index contributed by atoms with van der Waals surface area (Å²) < 4.78 is 14.3. The van der Waals surface area contributed by atoms with Gasteiger partial charge in [0.05, 0.1) is 17.8 Å². The molecule has 2 N–H and O–H groups in total. The van der Waals surface area contributed by atoms with Crippen LogP contribution in [0.5, 0.6) is 0 Å². The third kappa shape index (κ3) is 4.74. The molecule has 3 aromatic rings. The van der Waals surface area contributed by atoms with E-state index in [1.165, 1.54) is 23.5 Å². The van der Waals surface area contributed by atoms with Crippen LogP contribution in [0.4, 0.5) is 15.2 Å². The average molecular weight is 434 g/mol. The zero-order valence-corrected chi connectivity index (χ0v) is 15.7. The minimum Gasteiger partial charge on any atom is -0.323 e. The van der Waals surface area contributed by atoms with Gasteiger partial charge in [0.2, 0.25) is 5.91 Å². The highest BCUT2D eigenvalue weighted by molar-refractivity contribution is 9.10. The number of nitrogens with zero attached hydrogens (tertiary/aromatic N) is 1. The highest BCUT2D eigenvalue weighted by Crippen LogP contribution is 2.20. The Morgan fingerprint density at radius 2 is 1.88 bits per heavy atom. The van der Waals surface area contributed by atoms with Crippen LogP contribution in [0, 0.1) is 5.82 Å². The van der Waals surface area contributed by atoms with Gasteiger partial charge in [0.15, 0.2) is 5.13 Å². The maximum atomic E-state index is 13.8. The predicted molar refractivity (Wildman–Crippen MR) is 103 cm³/mol. The van der Waals surface area contributed by atoms with E-state index in [1.807, 2.05) is 6.07 Å². The molecule has 2 aromatic carbocycles. The van der Waals surface area contributed by atoms with Gasteiger partial charge in [-0.3, -0.25) is 14.9 Å². The maximum absolute atomic E-state index is 13.8. The molecule has 0 bridgehead atoms. The third-order valence-corrected chi connectivity index (χ3v) is 4.65. The van der Waals surface area contributed by atoms with E-state index in [4.69, 9.17) is 0 Å². The summed E-state index contributed by atoms with van der Waals surface area (Å²) in [4.78, 5) is 28.4. The van der Waals surface area contributed by atoms with E-state index in [0.29, 0.717) is 20.9 Å². The molecule has 0 atom stereocenters. The Bertz CT molecular complexity index is 947. The van der Waals surface area contributed by atoms with Crippen LogP contribution in [0.15, 0.2) is 58.4 Å². The minimum absolute atomic E-state index is 0.0206. The number of halogens is 2. The molecule has 132 valence electrons. The zero-order chi connectivity index (χ0) is 18.5. The number of hydrogen-bond acceptors (Lipinski definition) is 4. The van der Waals surface area contributed by atoms with Gasteiger partial charge in [0.25, 0.3) is 5.91 Å². The average Bonchev–Trinajstić information content (AvgIpc) is 3.05. The van der Waals surface area contributed by atoms with Crippen molar-refractivity contribution in [1.82, 2.24) is 4.98 Å². The van der Waals surface area contributed by atoms with E-state index < -0.39 is 11.7 Å². The van der Waals surface area contributed by atoms with Gasteiger partial charge in [-0.2, -0.15) is 0 Å². The first-order chi connectivity index (χ1) is 12.5. The van der Waals surface area contributed by atoms with Crippen LogP contribution in [0.3, 0.4) is 0 Å². The van der Waals surface area contributed by atoms with E-state index in [2.05, 4.69) is 31.5 Å². The molecule has 0 aliphatic carbocycles. The molecule has 0 radical (unpaired) electrons. The van der Waals surface area contributed by atoms with Crippen LogP contribution in [0.25, 0.3) is 0 Å². The van der Waals surface area contributed by atoms with Crippen LogP contribution < -0.4 is 10.6 Å². The van der Waals surface area contributed by atoms with Gasteiger partial charge >= 0.3 is 0 Å². The first kappa shape index (κ1) is 18.2. The fraction of sp³-hybridized carbons (Fsp3) is 0.0556. The van der Waals surface area contributed by atoms with E-state index in [9.17, 15) is 14.0 Å². The molecular formula is C18H13BrFN3O2S. The molecule has 1 aromatic heterocycles. The maximum Gasteiger partial charge on any atom is 0.257 e. The fourth-order valence-corrected chi connectivity index (χ4v) is 3.19. The van der Waals surface area contributed by atoms with E-state index in [-0.39, 0.29) is 18.0 Å². The van der Waals surface area contributed by atoms with Crippen molar-refractivity contribution in [2.75, 3.05) is 10.6 Å². The predicted octanol–water partition coefficient (Wildman–Crippen LogP) is 4.48. The molecule has 0 fully saturated rings. The molecule has 0 aliphatic rings. The number of anilines is 2. The molecule has 0 saturated carbocycles. The van der Waals surface area contributed by atoms with E-state index >= 15 is 0 Å². The van der Waals surface area contributed by atoms with Gasteiger partial charge in [-0.15, -0.1) is 11.3 Å². The quantitative estimate of drug-likeness (QED) is 0.622. The van der Waals surface area contributed by atoms with Crippen molar-refractivity contribution < 1.29 is 14.0 Å². The number of rotatable bonds is 5. The Balaban J connectivity index is 1.59. The molecular weight excluding hydrogens is 421 g/mol. The smallest absolute Gasteiger partial charge is 0.257 e. The molecule has 5 nitrogen and oxygen atoms in total. The van der Waals surface area contributed by atoms with Crippen molar-refractivity contribution in [1.29, 1.82) is 0 Å². The monoisotopic (exact) mass is 433 g/mol. The van der Waals surface area contributed by atoms with E-state index in [0.717, 1.165) is 0 Å². The van der Waals surface area contributed by atoms with Crippen molar-refractivity contribution >= 4 is 49.9 Å². The van der Waals surface area contributed by atoms with Crippen LogP contribution >= 0.6 is 27.3 Å². The van der Waals surface area contributed by atoms with E-state index in [1.54, 1.807) is 35.7 Å². The topological polar surface area (TPSA) is 71.1 Å². The summed E-state index contributed by atoms with van der Waals surface area (Å²) in [7, 11) is 0. The second-order valence-electron chi connectivity index (χ2n) is 5.31. The summed E-state index contributed by atoms with van der Waals surface area (Å²) in [5.41, 5.74) is 1.12. The number of carbonyl (C=O) groups is 2. The standard InChI is InChI=1S/C18H13BrFN3O2S/c19-12-6-7-15(14(20)8-12)22-16(24)9-13-10-26-18(21-13)23-17(25)11-4-2-1-3-5-11/h1-8,10H,9H2,(H,22,24)(H,21,23,25). The van der Waals surface area contributed by atoms with Crippen LogP contribution in [0.2, 0.25) is 0 Å². The molecule has 0 unspecified atom stereocenters. The largest absolute Gasteiger partial charge is 0.323 e. The van der Waals surface area contributed by atoms with Gasteiger partial charge in [-0.1, -0.05) is 34.1 Å². The van der Waals surface area contributed by atoms with Crippen molar-refractivity contribution in [2.45, 2.75) is 6.42 Å². The first-order valence-corrected chi connectivity index (χ1v) is 9.24. The molecule has 3 rings (SSSR count). The Morgan fingerprint density at radius 3 is 2.62 bits per heavy atom. The second-order valence-corrected chi connectivity index (χ2v) is 7.09. The number of thiazole rings is 1. The summed E-state index contributed by atoms with van der Waals surface area (Å²) in [6.07, 6.45) is -0.0206. The lowest BCUT2D eigenvalue weighted by molar-refractivity contribution is -0.115. The van der Waals surface area contributed by atoms with Gasteiger partial charge in [0, 0.05) is 15.4 Å². The summed E-state index contributed by atoms with van der Waals surface area (Å²) in [6.45, 7) is 0. The van der Waals surface area contributed by atoms with Crippen LogP contribution in [-0.2, 0) is 11.2 Å². The number of amides is 2. The second kappa shape index (κ2) is 8.20. The molecule has 2 amide bonds. The van der Waals surface area contributed by atoms with Crippen LogP contribution in [-0.4, -0.2) is 16.8 Å². The lowest BCUT2D eigenvalue weighted by Gasteiger charge is -2.05. The van der Waals surface area contributed by atoms with Gasteiger partial charge in [0.1, 0.15) is 5.82 Å². The molecule has 0 aliphatic heterocycles. The van der Waals surface area contributed by atoms with Gasteiger partial charge < -0.3 is 5.32 Å². The molecule has 0 spiro atoms. The number of carbonyl (C=O) groups excluding carboxylic acids is 2. The number of hydrogen-bond donors (Lipinski definition) is 2. The van der Waals surface area contributed by atoms with Crippen molar-refractivity contribution in [2.24, 2.45) is 0 Å². The summed E-state index contributed by atoms with van der Waals surface area (Å²) in [5, 5.41) is 7.27. The molecule has 8 heteroatoms. The fourth-order valence-electron chi connectivity index (χ4n) is 2.15. The normalized spacial score (nSPS) is 10.4. The Labute approximate surface area is 161 Å². The minimum atomic E-state index is -0.526. The van der Waals surface area contributed by atoms with Crippen molar-refractivity contribution in [3.63, 3.8) is 0 Å². The summed E-state index contributed by atoms with van der Waals surface area (Å²) in [5.74, 6) is -1.19. The lowest BCUT2D eigenvalue weighted by Crippen LogP contribution is -2.16. The third-order valence-electron chi connectivity index (χ3n) is 3.36. The Hall–Kier alpha value is -2.58. The zero-order valence-electron chi connectivity index (χ0n) is 13.3. The number of aromatic nitrogens is 1. The van der Waals surface area contributed by atoms with Crippen molar-refractivity contribution in [3.8, 4) is 0 Å². The summed E-state index contributed by atoms with van der Waals surface area (Å²) in [6, 6.07) is 13.2. The SMILES string of the molecule is O=C(Cc1csc(NC(=O)c2ccccc2)n1)Nc1ccc(Br)cc1F. The van der Waals surface area contributed by atoms with Gasteiger partial charge in [-0.05, 0) is 30.3 Å². The lowest BCUT2D eigenvalue weighted by atomic mass is 10.2. The molecule has 1 heterocycles.